The smallest absolute Gasteiger partial charge is 0.298 e. The molecular weight excluding hydrogens is 601 g/mol. The number of alkyl halides is 2. The second-order valence-corrected chi connectivity index (χ2v) is 15.4. The van der Waals surface area contributed by atoms with E-state index in [2.05, 4.69) is 0 Å². The summed E-state index contributed by atoms with van der Waals surface area (Å²) in [5.41, 5.74) is -4.71. The zero-order valence-electron chi connectivity index (χ0n) is 27.4. The molecule has 0 radical (unpaired) electrons. The fourth-order valence-electron chi connectivity index (χ4n) is 5.36. The average molecular weight is 645 g/mol. The van der Waals surface area contributed by atoms with E-state index >= 15 is 8.78 Å². The van der Waals surface area contributed by atoms with Crippen LogP contribution in [-0.2, 0) is 31.1 Å². The van der Waals surface area contributed by atoms with Gasteiger partial charge in [0, 0.05) is 11.1 Å². The standard InChI is InChI=1S/C39H43F2O4P/c1-36(2,3)44-46(43,45-37(4,5)6)39(40,41)34-26-24-31(25-27-34)29-38(33-22-14-9-15-23-33,35(42)32-20-12-8-13-21-32)28-16-19-30-17-10-7-11-18-30/h7-27H,28-29H2,1-6H3/b19-16+. The van der Waals surface area contributed by atoms with Crippen LogP contribution in [0.25, 0.3) is 6.08 Å². The van der Waals surface area contributed by atoms with Crippen LogP contribution in [0, 0.1) is 0 Å². The number of hydrogen-bond acceptors (Lipinski definition) is 4. The number of halogens is 2. The fourth-order valence-corrected chi connectivity index (χ4v) is 7.54. The number of ketones is 1. The Morgan fingerprint density at radius 2 is 1.15 bits per heavy atom. The molecule has 242 valence electrons. The van der Waals surface area contributed by atoms with Gasteiger partial charge >= 0.3 is 13.3 Å². The molecule has 0 saturated carbocycles. The Morgan fingerprint density at radius 1 is 0.674 bits per heavy atom. The van der Waals surface area contributed by atoms with Crippen LogP contribution in [0.3, 0.4) is 0 Å². The topological polar surface area (TPSA) is 52.6 Å². The number of hydrogen-bond donors (Lipinski definition) is 0. The lowest BCUT2D eigenvalue weighted by molar-refractivity contribution is -0.0213. The molecule has 0 saturated heterocycles. The van der Waals surface area contributed by atoms with Crippen molar-refractivity contribution in [3.05, 3.63) is 149 Å². The molecule has 0 spiro atoms. The highest BCUT2D eigenvalue weighted by Gasteiger charge is 2.58. The zero-order valence-corrected chi connectivity index (χ0v) is 28.3. The molecule has 1 unspecified atom stereocenters. The predicted octanol–water partition coefficient (Wildman–Crippen LogP) is 11.0. The molecule has 46 heavy (non-hydrogen) atoms. The number of carbonyl (C=O) groups is 1. The summed E-state index contributed by atoms with van der Waals surface area (Å²) in [6.45, 7) is 9.36. The first-order valence-electron chi connectivity index (χ1n) is 15.4. The summed E-state index contributed by atoms with van der Waals surface area (Å²) in [6.07, 6.45) is 4.59. The SMILES string of the molecule is CC(C)(C)OP(=O)(OC(C)(C)C)C(F)(F)c1ccc(CC(C/C=C/c2ccccc2)(C(=O)c2ccccc2)c2ccccc2)cc1. The number of rotatable bonds is 12. The van der Waals surface area contributed by atoms with Gasteiger partial charge in [-0.15, -0.1) is 0 Å². The van der Waals surface area contributed by atoms with Crippen LogP contribution in [0.15, 0.2) is 121 Å². The molecule has 0 aliphatic heterocycles. The van der Waals surface area contributed by atoms with E-state index in [1.807, 2.05) is 91.0 Å². The molecule has 0 N–H and O–H groups in total. The maximum Gasteiger partial charge on any atom is 0.405 e. The van der Waals surface area contributed by atoms with Gasteiger partial charge < -0.3 is 0 Å². The summed E-state index contributed by atoms with van der Waals surface area (Å²) in [4.78, 5) is 14.5. The van der Waals surface area contributed by atoms with E-state index in [-0.39, 0.29) is 12.2 Å². The van der Waals surface area contributed by atoms with Crippen molar-refractivity contribution in [3.8, 4) is 0 Å². The Bertz CT molecular complexity index is 1640. The van der Waals surface area contributed by atoms with E-state index in [1.165, 1.54) is 12.1 Å². The number of benzene rings is 4. The Labute approximate surface area is 272 Å². The van der Waals surface area contributed by atoms with Gasteiger partial charge in [0.2, 0.25) is 0 Å². The van der Waals surface area contributed by atoms with Crippen LogP contribution in [0.5, 0.6) is 0 Å². The molecule has 7 heteroatoms. The Hall–Kier alpha value is -3.70. The van der Waals surface area contributed by atoms with Gasteiger partial charge in [-0.1, -0.05) is 127 Å². The van der Waals surface area contributed by atoms with Crippen LogP contribution < -0.4 is 0 Å². The minimum atomic E-state index is -4.99. The van der Waals surface area contributed by atoms with E-state index < -0.39 is 35.4 Å². The van der Waals surface area contributed by atoms with Crippen LogP contribution >= 0.6 is 7.60 Å². The third-order valence-corrected chi connectivity index (χ3v) is 9.83. The number of carbonyl (C=O) groups excluding carboxylic acids is 1. The largest absolute Gasteiger partial charge is 0.405 e. The maximum absolute atomic E-state index is 16.1. The third kappa shape index (κ3) is 8.55. The van der Waals surface area contributed by atoms with Gasteiger partial charge in [-0.3, -0.25) is 18.4 Å². The fraction of sp³-hybridized carbons (Fsp3) is 0.308. The van der Waals surface area contributed by atoms with Crippen molar-refractivity contribution in [2.24, 2.45) is 0 Å². The summed E-state index contributed by atoms with van der Waals surface area (Å²) in [6, 6.07) is 34.2. The van der Waals surface area contributed by atoms with Gasteiger partial charge in [-0.25, -0.2) is 0 Å². The first kappa shape index (κ1) is 35.2. The second-order valence-electron chi connectivity index (χ2n) is 13.5. The van der Waals surface area contributed by atoms with E-state index in [9.17, 15) is 9.36 Å². The summed E-state index contributed by atoms with van der Waals surface area (Å²) in [5, 5.41) is 0. The number of allylic oxidation sites excluding steroid dienone is 1. The summed E-state index contributed by atoms with van der Waals surface area (Å²) < 4.78 is 57.0. The Balaban J connectivity index is 1.78. The van der Waals surface area contributed by atoms with E-state index in [0.717, 1.165) is 11.1 Å². The highest BCUT2D eigenvalue weighted by Crippen LogP contribution is 2.69. The molecule has 0 fully saturated rings. The van der Waals surface area contributed by atoms with Crippen LogP contribution in [0.4, 0.5) is 8.78 Å². The van der Waals surface area contributed by atoms with Crippen molar-refractivity contribution in [1.82, 2.24) is 0 Å². The van der Waals surface area contributed by atoms with Crippen molar-refractivity contribution in [1.29, 1.82) is 0 Å². The summed E-state index contributed by atoms with van der Waals surface area (Å²) in [7, 11) is -4.99. The normalized spacial score (nSPS) is 14.3. The maximum atomic E-state index is 16.1. The molecule has 0 aliphatic carbocycles. The van der Waals surface area contributed by atoms with Gasteiger partial charge in [-0.2, -0.15) is 8.78 Å². The quantitative estimate of drug-likeness (QED) is 0.114. The Kier molecular flexibility index (Phi) is 10.7. The van der Waals surface area contributed by atoms with Crippen LogP contribution in [0.2, 0.25) is 0 Å². The molecule has 1 atom stereocenters. The Morgan fingerprint density at radius 3 is 1.65 bits per heavy atom. The molecule has 4 rings (SSSR count). The lowest BCUT2D eigenvalue weighted by Crippen LogP contribution is -2.38. The first-order chi connectivity index (χ1) is 21.5. The molecule has 4 aromatic rings. The van der Waals surface area contributed by atoms with Crippen molar-refractivity contribution in [2.75, 3.05) is 0 Å². The van der Waals surface area contributed by atoms with Gasteiger partial charge in [0.25, 0.3) is 0 Å². The second kappa shape index (κ2) is 14.0. The molecule has 4 aromatic carbocycles. The molecule has 0 heterocycles. The highest BCUT2D eigenvalue weighted by atomic mass is 31.2. The van der Waals surface area contributed by atoms with Gasteiger partial charge in [0.1, 0.15) is 0 Å². The average Bonchev–Trinajstić information content (AvgIpc) is 3.00. The summed E-state index contributed by atoms with van der Waals surface area (Å²) >= 11 is 0. The predicted molar refractivity (Wildman–Crippen MR) is 182 cm³/mol. The monoisotopic (exact) mass is 644 g/mol. The molecular formula is C39H43F2O4P. The van der Waals surface area contributed by atoms with Gasteiger partial charge in [-0.05, 0) is 71.1 Å². The molecule has 4 nitrogen and oxygen atoms in total. The lowest BCUT2D eigenvalue weighted by Gasteiger charge is -2.36. The molecule has 0 aliphatic rings. The highest BCUT2D eigenvalue weighted by molar-refractivity contribution is 7.54. The van der Waals surface area contributed by atoms with E-state index in [0.29, 0.717) is 17.5 Å². The van der Waals surface area contributed by atoms with Gasteiger partial charge in [0.15, 0.2) is 5.78 Å². The van der Waals surface area contributed by atoms with Crippen LogP contribution in [0.1, 0.15) is 80.6 Å². The first-order valence-corrected chi connectivity index (χ1v) is 16.9. The minimum absolute atomic E-state index is 0.0759. The molecule has 0 amide bonds. The van der Waals surface area contributed by atoms with Gasteiger partial charge in [0.05, 0.1) is 16.6 Å². The minimum Gasteiger partial charge on any atom is -0.298 e. The lowest BCUT2D eigenvalue weighted by atomic mass is 9.68. The molecule has 0 bridgehead atoms. The van der Waals surface area contributed by atoms with Crippen molar-refractivity contribution >= 4 is 19.5 Å². The number of Topliss-reactive ketones (excluding diaryl/α,β-unsaturated/α-hetero) is 1. The van der Waals surface area contributed by atoms with Crippen molar-refractivity contribution < 1.29 is 27.2 Å². The van der Waals surface area contributed by atoms with E-state index in [4.69, 9.17) is 9.05 Å². The van der Waals surface area contributed by atoms with Crippen LogP contribution in [-0.4, -0.2) is 17.0 Å². The van der Waals surface area contributed by atoms with Crippen molar-refractivity contribution in [3.63, 3.8) is 0 Å². The van der Waals surface area contributed by atoms with E-state index in [1.54, 1.807) is 65.8 Å². The zero-order chi connectivity index (χ0) is 33.6. The third-order valence-electron chi connectivity index (χ3n) is 7.31. The summed E-state index contributed by atoms with van der Waals surface area (Å²) in [5.74, 6) is -0.0759. The molecule has 0 aromatic heterocycles. The van der Waals surface area contributed by atoms with Crippen molar-refractivity contribution in [2.45, 2.75) is 76.7 Å².